The van der Waals surface area contributed by atoms with E-state index in [4.69, 9.17) is 5.11 Å². The fraction of sp³-hybridized carbons (Fsp3) is 0.333. The molecule has 0 aliphatic heterocycles. The van der Waals surface area contributed by atoms with Crippen LogP contribution >= 0.6 is 11.3 Å². The van der Waals surface area contributed by atoms with Gasteiger partial charge in [0, 0.05) is 11.1 Å². The first-order chi connectivity index (χ1) is 9.92. The fourth-order valence-electron chi connectivity index (χ4n) is 1.80. The Balaban J connectivity index is 2.17. The van der Waals surface area contributed by atoms with Crippen molar-refractivity contribution < 1.29 is 18.3 Å². The van der Waals surface area contributed by atoms with Gasteiger partial charge in [-0.25, -0.2) is 13.1 Å². The topological polar surface area (TPSA) is 101 Å². The summed E-state index contributed by atoms with van der Waals surface area (Å²) in [5.41, 5.74) is 0. The number of hydrogen-bond donors (Lipinski definition) is 2. The molecular weight excluding hydrogens is 314 g/mol. The minimum absolute atomic E-state index is 0.0428. The molecule has 114 valence electrons. The van der Waals surface area contributed by atoms with Crippen molar-refractivity contribution >= 4 is 27.3 Å². The molecule has 21 heavy (non-hydrogen) atoms. The molecule has 2 aromatic heterocycles. The van der Waals surface area contributed by atoms with Crippen LogP contribution in [0.5, 0.6) is 0 Å². The van der Waals surface area contributed by atoms with E-state index in [1.165, 1.54) is 17.5 Å². The number of sulfonamides is 1. The van der Waals surface area contributed by atoms with Gasteiger partial charge in [0.1, 0.15) is 11.4 Å². The van der Waals surface area contributed by atoms with Crippen molar-refractivity contribution in [2.75, 3.05) is 0 Å². The SMILES string of the molecule is CCC(NS(=O)(=O)c1cnn(CC(=O)O)c1)c1cccs1. The Hall–Kier alpha value is -1.71. The van der Waals surface area contributed by atoms with E-state index in [1.54, 1.807) is 0 Å². The molecule has 0 saturated heterocycles. The first-order valence-electron chi connectivity index (χ1n) is 6.22. The zero-order valence-corrected chi connectivity index (χ0v) is 12.9. The third-order valence-corrected chi connectivity index (χ3v) is 5.22. The normalized spacial score (nSPS) is 13.2. The molecule has 0 saturated carbocycles. The summed E-state index contributed by atoms with van der Waals surface area (Å²) in [6, 6.07) is 3.43. The van der Waals surface area contributed by atoms with Gasteiger partial charge in [0.25, 0.3) is 0 Å². The average molecular weight is 329 g/mol. The van der Waals surface area contributed by atoms with Gasteiger partial charge in [-0.15, -0.1) is 11.3 Å². The first kappa shape index (κ1) is 15.7. The Morgan fingerprint density at radius 3 is 2.90 bits per heavy atom. The lowest BCUT2D eigenvalue weighted by Crippen LogP contribution is -2.27. The second-order valence-electron chi connectivity index (χ2n) is 4.36. The minimum atomic E-state index is -3.73. The highest BCUT2D eigenvalue weighted by Gasteiger charge is 2.22. The summed E-state index contributed by atoms with van der Waals surface area (Å²) in [7, 11) is -3.73. The van der Waals surface area contributed by atoms with Gasteiger partial charge in [-0.05, 0) is 17.9 Å². The molecule has 0 spiro atoms. The molecule has 9 heteroatoms. The Kier molecular flexibility index (Phi) is 4.76. The monoisotopic (exact) mass is 329 g/mol. The molecule has 1 atom stereocenters. The molecule has 7 nitrogen and oxygen atoms in total. The van der Waals surface area contributed by atoms with E-state index in [2.05, 4.69) is 9.82 Å². The summed E-state index contributed by atoms with van der Waals surface area (Å²) >= 11 is 1.48. The molecule has 2 rings (SSSR count). The summed E-state index contributed by atoms with van der Waals surface area (Å²) in [5, 5.41) is 14.3. The number of thiophene rings is 1. The maximum absolute atomic E-state index is 12.3. The molecule has 0 aliphatic carbocycles. The highest BCUT2D eigenvalue weighted by atomic mass is 32.2. The van der Waals surface area contributed by atoms with E-state index in [1.807, 2.05) is 24.4 Å². The van der Waals surface area contributed by atoms with Gasteiger partial charge >= 0.3 is 5.97 Å². The van der Waals surface area contributed by atoms with Crippen LogP contribution in [0.4, 0.5) is 0 Å². The summed E-state index contributed by atoms with van der Waals surface area (Å²) < 4.78 is 28.3. The van der Waals surface area contributed by atoms with Crippen LogP contribution in [0.1, 0.15) is 24.3 Å². The van der Waals surface area contributed by atoms with Gasteiger partial charge < -0.3 is 5.11 Å². The lowest BCUT2D eigenvalue weighted by molar-refractivity contribution is -0.137. The summed E-state index contributed by atoms with van der Waals surface area (Å²) in [6.45, 7) is 1.51. The molecule has 0 aliphatic rings. The van der Waals surface area contributed by atoms with Crippen LogP contribution in [-0.2, 0) is 21.4 Å². The number of rotatable bonds is 7. The van der Waals surface area contributed by atoms with Crippen LogP contribution in [0.25, 0.3) is 0 Å². The lowest BCUT2D eigenvalue weighted by atomic mass is 10.2. The van der Waals surface area contributed by atoms with Crippen molar-refractivity contribution in [1.82, 2.24) is 14.5 Å². The molecule has 0 aromatic carbocycles. The Morgan fingerprint density at radius 2 is 2.33 bits per heavy atom. The quantitative estimate of drug-likeness (QED) is 0.801. The summed E-state index contributed by atoms with van der Waals surface area (Å²) in [6.07, 6.45) is 2.97. The second-order valence-corrected chi connectivity index (χ2v) is 7.06. The Bertz CT molecular complexity index is 707. The predicted molar refractivity (Wildman–Crippen MR) is 77.5 cm³/mol. The smallest absolute Gasteiger partial charge is 0.325 e. The van der Waals surface area contributed by atoms with Gasteiger partial charge in [-0.1, -0.05) is 13.0 Å². The van der Waals surface area contributed by atoms with E-state index < -0.39 is 16.0 Å². The molecule has 0 fully saturated rings. The third-order valence-electron chi connectivity index (χ3n) is 2.81. The number of carboxylic acid groups (broad SMARTS) is 1. The van der Waals surface area contributed by atoms with Crippen LogP contribution in [0.3, 0.4) is 0 Å². The second kappa shape index (κ2) is 6.37. The number of carboxylic acids is 1. The molecule has 1 unspecified atom stereocenters. The van der Waals surface area contributed by atoms with E-state index in [0.717, 1.165) is 15.8 Å². The van der Waals surface area contributed by atoms with Gasteiger partial charge in [-0.2, -0.15) is 5.10 Å². The minimum Gasteiger partial charge on any atom is -0.480 e. The number of carbonyl (C=O) groups is 1. The van der Waals surface area contributed by atoms with E-state index in [-0.39, 0.29) is 17.5 Å². The van der Waals surface area contributed by atoms with Crippen molar-refractivity contribution in [3.63, 3.8) is 0 Å². The maximum Gasteiger partial charge on any atom is 0.325 e. The highest BCUT2D eigenvalue weighted by Crippen LogP contribution is 2.23. The van der Waals surface area contributed by atoms with Crippen molar-refractivity contribution in [2.24, 2.45) is 0 Å². The van der Waals surface area contributed by atoms with Crippen LogP contribution in [0.15, 0.2) is 34.8 Å². The Labute approximate surface area is 126 Å². The molecule has 2 N–H and O–H groups in total. The number of aromatic nitrogens is 2. The first-order valence-corrected chi connectivity index (χ1v) is 8.58. The molecule has 0 amide bonds. The van der Waals surface area contributed by atoms with Crippen molar-refractivity contribution in [3.05, 3.63) is 34.8 Å². The predicted octanol–water partition coefficient (Wildman–Crippen LogP) is 1.46. The van der Waals surface area contributed by atoms with Crippen LogP contribution in [-0.4, -0.2) is 29.3 Å². The van der Waals surface area contributed by atoms with Crippen molar-refractivity contribution in [3.8, 4) is 0 Å². The summed E-state index contributed by atoms with van der Waals surface area (Å²) in [4.78, 5) is 11.5. The molecule has 2 heterocycles. The Morgan fingerprint density at radius 1 is 1.57 bits per heavy atom. The van der Waals surface area contributed by atoms with E-state index in [0.29, 0.717) is 6.42 Å². The fourth-order valence-corrected chi connectivity index (χ4v) is 3.98. The third kappa shape index (κ3) is 3.90. The maximum atomic E-state index is 12.3. The van der Waals surface area contributed by atoms with Crippen molar-refractivity contribution in [2.45, 2.75) is 30.8 Å². The van der Waals surface area contributed by atoms with Gasteiger partial charge in [-0.3, -0.25) is 9.48 Å². The van der Waals surface area contributed by atoms with Gasteiger partial charge in [0.15, 0.2) is 0 Å². The van der Waals surface area contributed by atoms with Crippen molar-refractivity contribution in [1.29, 1.82) is 0 Å². The van der Waals surface area contributed by atoms with Crippen LogP contribution in [0, 0.1) is 0 Å². The number of nitrogens with zero attached hydrogens (tertiary/aromatic N) is 2. The largest absolute Gasteiger partial charge is 0.480 e. The molecule has 0 bridgehead atoms. The number of hydrogen-bond acceptors (Lipinski definition) is 5. The highest BCUT2D eigenvalue weighted by molar-refractivity contribution is 7.89. The van der Waals surface area contributed by atoms with Crippen LogP contribution in [0.2, 0.25) is 0 Å². The molecule has 2 aromatic rings. The molecule has 0 radical (unpaired) electrons. The standard InChI is InChI=1S/C12H15N3O4S2/c1-2-10(11-4-3-5-20-11)14-21(18,19)9-6-13-15(7-9)8-12(16)17/h3-7,10,14H,2,8H2,1H3,(H,16,17). The zero-order chi connectivity index (χ0) is 15.5. The number of aliphatic carboxylic acids is 1. The van der Waals surface area contributed by atoms with E-state index >= 15 is 0 Å². The lowest BCUT2D eigenvalue weighted by Gasteiger charge is -2.14. The van der Waals surface area contributed by atoms with E-state index in [9.17, 15) is 13.2 Å². The number of nitrogens with one attached hydrogen (secondary N) is 1. The summed E-state index contributed by atoms with van der Waals surface area (Å²) in [5.74, 6) is -1.08. The van der Waals surface area contributed by atoms with Gasteiger partial charge in [0.2, 0.25) is 10.0 Å². The van der Waals surface area contributed by atoms with Gasteiger partial charge in [0.05, 0.1) is 12.2 Å². The average Bonchev–Trinajstić information content (AvgIpc) is 3.06. The van der Waals surface area contributed by atoms with Crippen LogP contribution < -0.4 is 4.72 Å². The zero-order valence-electron chi connectivity index (χ0n) is 11.3. The molecular formula is C12H15N3O4S2.